The summed E-state index contributed by atoms with van der Waals surface area (Å²) < 4.78 is 4.32. The van der Waals surface area contributed by atoms with Crippen LogP contribution in [0.5, 0.6) is 0 Å². The van der Waals surface area contributed by atoms with Gasteiger partial charge in [-0.2, -0.15) is 0 Å². The van der Waals surface area contributed by atoms with Crippen molar-refractivity contribution in [1.29, 1.82) is 0 Å². The summed E-state index contributed by atoms with van der Waals surface area (Å²) in [4.78, 5) is 20.5. The van der Waals surface area contributed by atoms with Gasteiger partial charge in [-0.25, -0.2) is 19.9 Å². The second-order valence-electron chi connectivity index (χ2n) is 12.8. The number of para-hydroxylation sites is 4. The lowest BCUT2D eigenvalue weighted by Crippen LogP contribution is -2.75. The van der Waals surface area contributed by atoms with Gasteiger partial charge in [-0.1, -0.05) is 133 Å². The van der Waals surface area contributed by atoms with Crippen LogP contribution in [0.2, 0.25) is 0 Å². The van der Waals surface area contributed by atoms with Crippen LogP contribution < -0.4 is 20.7 Å². The molecule has 0 saturated carbocycles. The van der Waals surface area contributed by atoms with E-state index in [1.54, 1.807) is 0 Å². The first kappa shape index (κ1) is 29.2. The van der Waals surface area contributed by atoms with E-state index in [2.05, 4.69) is 167 Å². The Balaban J connectivity index is 1.19. The van der Waals surface area contributed by atoms with Gasteiger partial charge in [0.05, 0.1) is 22.1 Å². The van der Waals surface area contributed by atoms with Crippen molar-refractivity contribution in [2.45, 2.75) is 0 Å². The maximum Gasteiger partial charge on any atom is 0.234 e. The summed E-state index contributed by atoms with van der Waals surface area (Å²) in [5, 5.41) is 9.24. The summed E-state index contributed by atoms with van der Waals surface area (Å²) in [5.41, 5.74) is 4.32. The minimum Gasteiger partial charge on any atom is -0.278 e. The molecule has 6 aromatic carbocycles. The first-order chi connectivity index (χ1) is 25.3. The van der Waals surface area contributed by atoms with Crippen LogP contribution in [0.3, 0.4) is 0 Å². The molecule has 7 heteroatoms. The molecule has 10 rings (SSSR count). The Morgan fingerprint density at radius 3 is 0.882 bits per heavy atom. The topological polar surface area (TPSA) is 61.4 Å². The van der Waals surface area contributed by atoms with Crippen LogP contribution in [0, 0.1) is 0 Å². The van der Waals surface area contributed by atoms with Crippen molar-refractivity contribution in [2.24, 2.45) is 0 Å². The lowest BCUT2D eigenvalue weighted by molar-refractivity contribution is 0.991. The zero-order valence-electron chi connectivity index (χ0n) is 27.5. The number of rotatable bonds is 6. The van der Waals surface area contributed by atoms with Crippen molar-refractivity contribution in [3.8, 4) is 11.9 Å². The molecule has 0 aliphatic heterocycles. The Hall–Kier alpha value is -6.70. The Morgan fingerprint density at radius 2 is 0.569 bits per heavy atom. The molecule has 0 bridgehead atoms. The molecule has 0 saturated heterocycles. The number of hydrogen-bond acceptors (Lipinski definition) is 4. The molecule has 240 valence electrons. The van der Waals surface area contributed by atoms with Gasteiger partial charge in [0.1, 0.15) is 0 Å². The molecule has 0 fully saturated rings. The fourth-order valence-electron chi connectivity index (χ4n) is 7.91. The van der Waals surface area contributed by atoms with Crippen molar-refractivity contribution in [1.82, 2.24) is 29.1 Å². The highest BCUT2D eigenvalue weighted by molar-refractivity contribution is 7.19. The predicted octanol–water partition coefficient (Wildman–Crippen LogP) is 6.84. The molecule has 6 nitrogen and oxygen atoms in total. The number of nitrogens with zero attached hydrogens (tertiary/aromatic N) is 6. The third kappa shape index (κ3) is 4.42. The van der Waals surface area contributed by atoms with Crippen LogP contribution in [-0.4, -0.2) is 37.1 Å². The molecule has 0 atom stereocenters. The van der Waals surface area contributed by atoms with E-state index < -0.39 is 8.07 Å². The molecule has 51 heavy (non-hydrogen) atoms. The molecular formula is C44H30N6Si. The second-order valence-corrected chi connectivity index (χ2v) is 16.6. The summed E-state index contributed by atoms with van der Waals surface area (Å²) in [5.74, 6) is 1.27. The zero-order chi connectivity index (χ0) is 33.8. The van der Waals surface area contributed by atoms with E-state index in [-0.39, 0.29) is 0 Å². The van der Waals surface area contributed by atoms with Crippen LogP contribution >= 0.6 is 0 Å². The Morgan fingerprint density at radius 1 is 0.294 bits per heavy atom. The van der Waals surface area contributed by atoms with E-state index in [0.29, 0.717) is 11.9 Å². The quantitative estimate of drug-likeness (QED) is 0.182. The fraction of sp³-hybridized carbons (Fsp3) is 0. The highest BCUT2D eigenvalue weighted by Gasteiger charge is 2.43. The van der Waals surface area contributed by atoms with Crippen molar-refractivity contribution in [2.75, 3.05) is 0 Å². The summed E-state index contributed by atoms with van der Waals surface area (Å²) >= 11 is 0. The molecular weight excluding hydrogens is 641 g/mol. The lowest BCUT2D eigenvalue weighted by atomic mass is 10.2. The van der Waals surface area contributed by atoms with Crippen molar-refractivity contribution in [3.05, 3.63) is 183 Å². The van der Waals surface area contributed by atoms with Crippen LogP contribution in [0.15, 0.2) is 183 Å². The summed E-state index contributed by atoms with van der Waals surface area (Å²) in [7, 11) is -3.00. The predicted molar refractivity (Wildman–Crippen MR) is 210 cm³/mol. The van der Waals surface area contributed by atoms with Crippen molar-refractivity contribution in [3.63, 3.8) is 0 Å². The van der Waals surface area contributed by atoms with Crippen molar-refractivity contribution >= 4 is 72.4 Å². The summed E-state index contributed by atoms with van der Waals surface area (Å²) in [6, 6.07) is 55.2. The SMILES string of the molecule is c1ccc([Si](c2ccccc2)(c2cnc(-n3c4ccccc4c4ccccc43)nc2)c2cnc(-n3c4ccccc4c4ccccc43)nc2)cc1. The highest BCUT2D eigenvalue weighted by Crippen LogP contribution is 2.31. The third-order valence-electron chi connectivity index (χ3n) is 10.1. The van der Waals surface area contributed by atoms with E-state index in [0.717, 1.165) is 32.4 Å². The molecule has 0 unspecified atom stereocenters. The van der Waals surface area contributed by atoms with Gasteiger partial charge in [0.2, 0.25) is 11.9 Å². The van der Waals surface area contributed by atoms with E-state index >= 15 is 0 Å². The Kier molecular flexibility index (Phi) is 6.72. The third-order valence-corrected chi connectivity index (χ3v) is 14.8. The summed E-state index contributed by atoms with van der Waals surface area (Å²) in [6.45, 7) is 0. The molecule has 10 aromatic rings. The van der Waals surface area contributed by atoms with Crippen LogP contribution in [0.4, 0.5) is 0 Å². The number of aromatic nitrogens is 6. The first-order valence-electron chi connectivity index (χ1n) is 17.1. The standard InChI is InChI=1S/C44H30N6Si/c1-3-15-31(16-4-1)51(32-17-5-2-6-18-32,33-27-45-43(46-28-33)49-39-23-11-7-19-35(39)36-20-8-12-24-40(36)49)34-29-47-44(48-30-34)50-41-25-13-9-21-37(41)38-22-10-14-26-42(38)50/h1-30H. The van der Waals surface area contributed by atoms with E-state index in [4.69, 9.17) is 19.9 Å². The first-order valence-corrected chi connectivity index (χ1v) is 19.1. The average molecular weight is 671 g/mol. The fourth-order valence-corrected chi connectivity index (χ4v) is 12.3. The maximum atomic E-state index is 5.13. The molecule has 0 aliphatic rings. The lowest BCUT2D eigenvalue weighted by Gasteiger charge is -2.33. The highest BCUT2D eigenvalue weighted by atomic mass is 28.3. The minimum atomic E-state index is -3.00. The van der Waals surface area contributed by atoms with Gasteiger partial charge in [0, 0.05) is 46.3 Å². The van der Waals surface area contributed by atoms with Crippen LogP contribution in [0.25, 0.3) is 55.5 Å². The number of fused-ring (bicyclic) bond motifs is 6. The minimum absolute atomic E-state index is 0.637. The average Bonchev–Trinajstić information content (AvgIpc) is 3.73. The smallest absolute Gasteiger partial charge is 0.234 e. The van der Waals surface area contributed by atoms with Crippen LogP contribution in [0.1, 0.15) is 0 Å². The number of hydrogen-bond donors (Lipinski definition) is 0. The molecule has 4 aromatic heterocycles. The largest absolute Gasteiger partial charge is 0.278 e. The molecule has 0 amide bonds. The van der Waals surface area contributed by atoms with Gasteiger partial charge >= 0.3 is 0 Å². The monoisotopic (exact) mass is 670 g/mol. The molecule has 0 aliphatic carbocycles. The normalized spacial score (nSPS) is 11.9. The van der Waals surface area contributed by atoms with E-state index in [1.807, 2.05) is 24.8 Å². The maximum absolute atomic E-state index is 5.13. The molecule has 4 heterocycles. The Labute approximate surface area is 295 Å². The van der Waals surface area contributed by atoms with Crippen LogP contribution in [-0.2, 0) is 0 Å². The van der Waals surface area contributed by atoms with E-state index in [9.17, 15) is 0 Å². The summed E-state index contributed by atoms with van der Waals surface area (Å²) in [6.07, 6.45) is 8.11. The van der Waals surface area contributed by atoms with Gasteiger partial charge in [-0.15, -0.1) is 0 Å². The van der Waals surface area contributed by atoms with Crippen molar-refractivity contribution < 1.29 is 0 Å². The second kappa shape index (κ2) is 11.7. The van der Waals surface area contributed by atoms with Gasteiger partial charge in [0.25, 0.3) is 0 Å². The van der Waals surface area contributed by atoms with E-state index in [1.165, 1.54) is 31.9 Å². The Bertz CT molecular complexity index is 2540. The molecule has 0 N–H and O–H groups in total. The van der Waals surface area contributed by atoms with Gasteiger partial charge in [-0.3, -0.25) is 9.13 Å². The molecule has 0 radical (unpaired) electrons. The zero-order valence-corrected chi connectivity index (χ0v) is 28.5. The van der Waals surface area contributed by atoms with Gasteiger partial charge < -0.3 is 0 Å². The van der Waals surface area contributed by atoms with Gasteiger partial charge in [0.15, 0.2) is 8.07 Å². The molecule has 0 spiro atoms. The van der Waals surface area contributed by atoms with Gasteiger partial charge in [-0.05, 0) is 45.0 Å². The number of benzene rings is 6.